The lowest BCUT2D eigenvalue weighted by Crippen LogP contribution is -2.25. The van der Waals surface area contributed by atoms with Gasteiger partial charge in [0.05, 0.1) is 16.2 Å². The molecule has 0 atom stereocenters. The van der Waals surface area contributed by atoms with Gasteiger partial charge in [-0.1, -0.05) is 6.92 Å². The van der Waals surface area contributed by atoms with Crippen molar-refractivity contribution in [2.75, 3.05) is 12.3 Å². The first kappa shape index (κ1) is 15.2. The van der Waals surface area contributed by atoms with Crippen LogP contribution in [0.15, 0.2) is 23.1 Å². The van der Waals surface area contributed by atoms with E-state index in [4.69, 9.17) is 0 Å². The van der Waals surface area contributed by atoms with Crippen molar-refractivity contribution < 1.29 is 14.5 Å². The fraction of sp³-hybridized carbons (Fsp3) is 0.333. The van der Waals surface area contributed by atoms with Gasteiger partial charge in [-0.2, -0.15) is 0 Å². The second-order valence-corrected chi connectivity index (χ2v) is 4.78. The maximum atomic E-state index is 11.4. The molecule has 102 valence electrons. The summed E-state index contributed by atoms with van der Waals surface area (Å²) in [5.74, 6) is 0.119. The standard InChI is InChI=1S/C12H14N2O4S/c1-2-5-13-12(16)8-19-10-3-4-11(14(17)18)9(6-10)7-15/h3-4,6-7H,2,5,8H2,1H3,(H,13,16). The van der Waals surface area contributed by atoms with Crippen molar-refractivity contribution in [3.63, 3.8) is 0 Å². The van der Waals surface area contributed by atoms with Gasteiger partial charge in [-0.25, -0.2) is 0 Å². The maximum absolute atomic E-state index is 11.4. The van der Waals surface area contributed by atoms with E-state index in [1.807, 2.05) is 6.92 Å². The minimum atomic E-state index is -0.605. The molecule has 1 rings (SSSR count). The fourth-order valence-electron chi connectivity index (χ4n) is 1.35. The van der Waals surface area contributed by atoms with Crippen LogP contribution in [0.3, 0.4) is 0 Å². The summed E-state index contributed by atoms with van der Waals surface area (Å²) in [6, 6.07) is 4.22. The second kappa shape index (κ2) is 7.52. The number of aldehydes is 1. The van der Waals surface area contributed by atoms with Gasteiger partial charge >= 0.3 is 0 Å². The molecule has 19 heavy (non-hydrogen) atoms. The van der Waals surface area contributed by atoms with E-state index >= 15 is 0 Å². The summed E-state index contributed by atoms with van der Waals surface area (Å²) in [5.41, 5.74) is -0.209. The van der Waals surface area contributed by atoms with Crippen LogP contribution in [0.5, 0.6) is 0 Å². The first-order valence-corrected chi connectivity index (χ1v) is 6.70. The number of nitrogens with zero attached hydrogens (tertiary/aromatic N) is 1. The molecular weight excluding hydrogens is 268 g/mol. The molecule has 0 saturated heterocycles. The smallest absolute Gasteiger partial charge is 0.279 e. The fourth-order valence-corrected chi connectivity index (χ4v) is 2.12. The van der Waals surface area contributed by atoms with E-state index in [2.05, 4.69) is 5.32 Å². The van der Waals surface area contributed by atoms with Gasteiger partial charge in [-0.05, 0) is 18.6 Å². The van der Waals surface area contributed by atoms with E-state index in [0.29, 0.717) is 17.7 Å². The summed E-state index contributed by atoms with van der Waals surface area (Å²) in [6.45, 7) is 2.58. The molecule has 0 aliphatic heterocycles. The number of nitrogens with one attached hydrogen (secondary N) is 1. The van der Waals surface area contributed by atoms with Crippen LogP contribution in [0.1, 0.15) is 23.7 Å². The Balaban J connectivity index is 2.67. The number of carbonyl (C=O) groups is 2. The van der Waals surface area contributed by atoms with Crippen LogP contribution in [0, 0.1) is 10.1 Å². The van der Waals surface area contributed by atoms with E-state index in [9.17, 15) is 19.7 Å². The number of hydrogen-bond donors (Lipinski definition) is 1. The van der Waals surface area contributed by atoms with E-state index < -0.39 is 4.92 Å². The van der Waals surface area contributed by atoms with Crippen molar-refractivity contribution in [2.45, 2.75) is 18.2 Å². The van der Waals surface area contributed by atoms with Crippen LogP contribution >= 0.6 is 11.8 Å². The van der Waals surface area contributed by atoms with Gasteiger partial charge < -0.3 is 5.32 Å². The van der Waals surface area contributed by atoms with Gasteiger partial charge in [0.1, 0.15) is 0 Å². The molecular formula is C12H14N2O4S. The topological polar surface area (TPSA) is 89.3 Å². The third kappa shape index (κ3) is 4.70. The Bertz CT molecular complexity index is 491. The minimum absolute atomic E-state index is 0.0176. The summed E-state index contributed by atoms with van der Waals surface area (Å²) in [4.78, 5) is 32.9. The van der Waals surface area contributed by atoms with Crippen molar-refractivity contribution in [3.05, 3.63) is 33.9 Å². The molecule has 0 aromatic heterocycles. The number of nitro groups is 1. The predicted octanol–water partition coefficient (Wildman–Crippen LogP) is 2.03. The van der Waals surface area contributed by atoms with Gasteiger partial charge in [-0.3, -0.25) is 19.7 Å². The number of nitro benzene ring substituents is 1. The SMILES string of the molecule is CCCNC(=O)CSc1ccc([N+](=O)[O-])c(C=O)c1. The first-order valence-electron chi connectivity index (χ1n) is 5.71. The molecule has 0 fully saturated rings. The third-order valence-electron chi connectivity index (χ3n) is 2.26. The molecule has 0 aliphatic carbocycles. The average Bonchev–Trinajstić information content (AvgIpc) is 2.42. The number of benzene rings is 1. The third-order valence-corrected chi connectivity index (χ3v) is 3.26. The molecule has 6 nitrogen and oxygen atoms in total. The van der Waals surface area contributed by atoms with Gasteiger partial charge in [0.2, 0.25) is 5.91 Å². The van der Waals surface area contributed by atoms with Gasteiger partial charge in [0.25, 0.3) is 5.69 Å². The molecule has 1 N–H and O–H groups in total. The largest absolute Gasteiger partial charge is 0.355 e. The Morgan fingerprint density at radius 1 is 1.53 bits per heavy atom. The van der Waals surface area contributed by atoms with Gasteiger partial charge in [0.15, 0.2) is 6.29 Å². The molecule has 0 saturated carbocycles. The zero-order valence-electron chi connectivity index (χ0n) is 10.4. The molecule has 1 aromatic rings. The Morgan fingerprint density at radius 3 is 2.84 bits per heavy atom. The quantitative estimate of drug-likeness (QED) is 0.358. The van der Waals surface area contributed by atoms with Crippen LogP contribution in [-0.2, 0) is 4.79 Å². The number of rotatable bonds is 7. The summed E-state index contributed by atoms with van der Waals surface area (Å²) >= 11 is 1.24. The van der Waals surface area contributed by atoms with E-state index in [1.54, 1.807) is 0 Å². The Hall–Kier alpha value is -1.89. The van der Waals surface area contributed by atoms with Crippen LogP contribution < -0.4 is 5.32 Å². The number of thioether (sulfide) groups is 1. The number of amides is 1. The minimum Gasteiger partial charge on any atom is -0.355 e. The van der Waals surface area contributed by atoms with Gasteiger partial charge in [-0.15, -0.1) is 11.8 Å². The second-order valence-electron chi connectivity index (χ2n) is 3.73. The van der Waals surface area contributed by atoms with E-state index in [0.717, 1.165) is 6.42 Å². The van der Waals surface area contributed by atoms with E-state index in [-0.39, 0.29) is 22.9 Å². The summed E-state index contributed by atoms with van der Waals surface area (Å²) in [5, 5.41) is 13.4. The lowest BCUT2D eigenvalue weighted by Gasteiger charge is -2.04. The number of hydrogen-bond acceptors (Lipinski definition) is 5. The van der Waals surface area contributed by atoms with Crippen molar-refractivity contribution in [1.29, 1.82) is 0 Å². The average molecular weight is 282 g/mol. The molecule has 0 spiro atoms. The molecule has 1 aromatic carbocycles. The van der Waals surface area contributed by atoms with Crippen LogP contribution in [0.25, 0.3) is 0 Å². The normalized spacial score (nSPS) is 9.95. The van der Waals surface area contributed by atoms with Crippen molar-refractivity contribution in [1.82, 2.24) is 5.32 Å². The highest BCUT2D eigenvalue weighted by atomic mass is 32.2. The molecule has 0 heterocycles. The predicted molar refractivity (Wildman–Crippen MR) is 72.5 cm³/mol. The maximum Gasteiger partial charge on any atom is 0.279 e. The van der Waals surface area contributed by atoms with Crippen LogP contribution in [-0.4, -0.2) is 29.4 Å². The molecule has 1 amide bonds. The first-order chi connectivity index (χ1) is 9.08. The monoisotopic (exact) mass is 282 g/mol. The Kier molecular flexibility index (Phi) is 6.01. The Morgan fingerprint density at radius 2 is 2.26 bits per heavy atom. The summed E-state index contributed by atoms with van der Waals surface area (Å²) in [6.07, 6.45) is 1.31. The highest BCUT2D eigenvalue weighted by Crippen LogP contribution is 2.24. The summed E-state index contributed by atoms with van der Waals surface area (Å²) in [7, 11) is 0. The van der Waals surface area contributed by atoms with Crippen molar-refractivity contribution in [3.8, 4) is 0 Å². The molecule has 0 unspecified atom stereocenters. The Labute approximate surface area is 114 Å². The molecule has 0 radical (unpaired) electrons. The number of carbonyl (C=O) groups excluding carboxylic acids is 2. The summed E-state index contributed by atoms with van der Waals surface area (Å²) < 4.78 is 0. The van der Waals surface area contributed by atoms with E-state index in [1.165, 1.54) is 30.0 Å². The highest BCUT2D eigenvalue weighted by Gasteiger charge is 2.13. The van der Waals surface area contributed by atoms with Crippen LogP contribution in [0.2, 0.25) is 0 Å². The zero-order chi connectivity index (χ0) is 14.3. The molecule has 0 bridgehead atoms. The van der Waals surface area contributed by atoms with Crippen molar-refractivity contribution >= 4 is 29.6 Å². The van der Waals surface area contributed by atoms with Crippen molar-refractivity contribution in [2.24, 2.45) is 0 Å². The molecule has 0 aliphatic rings. The lowest BCUT2D eigenvalue weighted by molar-refractivity contribution is -0.385. The lowest BCUT2D eigenvalue weighted by atomic mass is 10.2. The van der Waals surface area contributed by atoms with Gasteiger partial charge in [0, 0.05) is 17.5 Å². The van der Waals surface area contributed by atoms with Crippen LogP contribution in [0.4, 0.5) is 5.69 Å². The zero-order valence-corrected chi connectivity index (χ0v) is 11.2. The highest BCUT2D eigenvalue weighted by molar-refractivity contribution is 8.00. The molecule has 7 heteroatoms.